The summed E-state index contributed by atoms with van der Waals surface area (Å²) >= 11 is 0. The SMILES string of the molecule is CC.CCCC[N+](CCCC)(CCCC)CCCCCCCCCCCC[N+](CCCC)(CCCC)CCCC. The lowest BCUT2D eigenvalue weighted by molar-refractivity contribution is -0.929. The van der Waals surface area contributed by atoms with Crippen molar-refractivity contribution in [1.82, 2.24) is 0 Å². The maximum Gasteiger partial charge on any atom is 0.0786 e. The first-order chi connectivity index (χ1) is 19.6. The van der Waals surface area contributed by atoms with Gasteiger partial charge in [-0.1, -0.05) is 132 Å². The molecule has 244 valence electrons. The molecule has 0 aliphatic rings. The van der Waals surface area contributed by atoms with Crippen molar-refractivity contribution in [3.63, 3.8) is 0 Å². The Kier molecular flexibility index (Phi) is 33.5. The number of nitrogens with zero attached hydrogens (tertiary/aromatic N) is 2. The minimum Gasteiger partial charge on any atom is -0.324 e. The number of hydrogen-bond donors (Lipinski definition) is 0. The summed E-state index contributed by atoms with van der Waals surface area (Å²) in [5.74, 6) is 0. The molecule has 0 bridgehead atoms. The zero-order valence-corrected chi connectivity index (χ0v) is 30.1. The van der Waals surface area contributed by atoms with Crippen LogP contribution in [-0.2, 0) is 0 Å². The minimum atomic E-state index is 1.36. The smallest absolute Gasteiger partial charge is 0.0786 e. The normalized spacial score (nSPS) is 12.0. The standard InChI is InChI=1S/C36H78N2.C2H6/c1-7-13-29-37(30-14-8-2,31-15-9-3)35-27-25-23-21-19-20-22-24-26-28-36-38(32-16-10-4,33-17-11-5)34-18-12-6;1-2/h7-36H2,1-6H3;1-2H3/q+2;. The third-order valence-electron chi connectivity index (χ3n) is 9.43. The fourth-order valence-electron chi connectivity index (χ4n) is 6.61. The largest absolute Gasteiger partial charge is 0.324 e. The highest BCUT2D eigenvalue weighted by Crippen LogP contribution is 2.20. The van der Waals surface area contributed by atoms with Crippen molar-refractivity contribution in [2.75, 3.05) is 52.4 Å². The summed E-state index contributed by atoms with van der Waals surface area (Å²) in [5.41, 5.74) is 0. The average molecular weight is 569 g/mol. The van der Waals surface area contributed by atoms with Gasteiger partial charge in [0.15, 0.2) is 0 Å². The van der Waals surface area contributed by atoms with E-state index in [9.17, 15) is 0 Å². The second-order valence-corrected chi connectivity index (χ2v) is 13.1. The minimum absolute atomic E-state index is 1.36. The van der Waals surface area contributed by atoms with Crippen LogP contribution in [0.3, 0.4) is 0 Å². The predicted molar refractivity (Wildman–Crippen MR) is 186 cm³/mol. The molecule has 0 heterocycles. The molecule has 0 aliphatic heterocycles. The van der Waals surface area contributed by atoms with E-state index in [1.807, 2.05) is 13.8 Å². The van der Waals surface area contributed by atoms with Gasteiger partial charge in [0.05, 0.1) is 52.4 Å². The molecule has 40 heavy (non-hydrogen) atoms. The first-order valence-electron chi connectivity index (χ1n) is 19.3. The zero-order chi connectivity index (χ0) is 30.2. The lowest BCUT2D eigenvalue weighted by Crippen LogP contribution is -2.50. The average Bonchev–Trinajstić information content (AvgIpc) is 2.99. The first-order valence-corrected chi connectivity index (χ1v) is 19.3. The number of hydrogen-bond acceptors (Lipinski definition) is 0. The highest BCUT2D eigenvalue weighted by atomic mass is 15.4. The van der Waals surface area contributed by atoms with E-state index in [0.717, 1.165) is 0 Å². The van der Waals surface area contributed by atoms with Crippen molar-refractivity contribution in [2.24, 2.45) is 0 Å². The van der Waals surface area contributed by atoms with Crippen LogP contribution >= 0.6 is 0 Å². The zero-order valence-electron chi connectivity index (χ0n) is 30.1. The Balaban J connectivity index is 0. The first kappa shape index (κ1) is 42.1. The maximum absolute atomic E-state index is 2.37. The molecule has 0 fully saturated rings. The van der Waals surface area contributed by atoms with Gasteiger partial charge in [-0.05, 0) is 64.2 Å². The molecule has 0 amide bonds. The second kappa shape index (κ2) is 31.8. The number of unbranched alkanes of at least 4 members (excludes halogenated alkanes) is 15. The van der Waals surface area contributed by atoms with Gasteiger partial charge < -0.3 is 8.97 Å². The monoisotopic (exact) mass is 569 g/mol. The third-order valence-corrected chi connectivity index (χ3v) is 9.43. The third kappa shape index (κ3) is 23.5. The second-order valence-electron chi connectivity index (χ2n) is 13.1. The van der Waals surface area contributed by atoms with E-state index in [1.54, 1.807) is 0 Å². The summed E-state index contributed by atoms with van der Waals surface area (Å²) in [7, 11) is 0. The van der Waals surface area contributed by atoms with Crippen molar-refractivity contribution in [2.45, 2.75) is 197 Å². The molecular weight excluding hydrogens is 484 g/mol. The van der Waals surface area contributed by atoms with Gasteiger partial charge in [-0.15, -0.1) is 0 Å². The molecule has 0 spiro atoms. The van der Waals surface area contributed by atoms with Crippen molar-refractivity contribution in [3.8, 4) is 0 Å². The molecule has 2 nitrogen and oxygen atoms in total. The van der Waals surface area contributed by atoms with Crippen LogP contribution in [0.15, 0.2) is 0 Å². The van der Waals surface area contributed by atoms with E-state index in [4.69, 9.17) is 0 Å². The van der Waals surface area contributed by atoms with Gasteiger partial charge in [-0.2, -0.15) is 0 Å². The fourth-order valence-corrected chi connectivity index (χ4v) is 6.61. The van der Waals surface area contributed by atoms with Crippen molar-refractivity contribution < 1.29 is 8.97 Å². The lowest BCUT2D eigenvalue weighted by Gasteiger charge is -2.39. The van der Waals surface area contributed by atoms with E-state index in [1.165, 1.54) is 203 Å². The Labute approximate surface area is 257 Å². The van der Waals surface area contributed by atoms with Crippen LogP contribution in [0, 0.1) is 0 Å². The molecule has 0 unspecified atom stereocenters. The van der Waals surface area contributed by atoms with Crippen molar-refractivity contribution in [3.05, 3.63) is 0 Å². The molecular formula is C38H84N2+2. The molecule has 0 aromatic rings. The van der Waals surface area contributed by atoms with Gasteiger partial charge in [0.2, 0.25) is 0 Å². The van der Waals surface area contributed by atoms with E-state index in [2.05, 4.69) is 41.5 Å². The lowest BCUT2D eigenvalue weighted by atomic mass is 10.0. The van der Waals surface area contributed by atoms with Crippen LogP contribution < -0.4 is 0 Å². The highest BCUT2D eigenvalue weighted by molar-refractivity contribution is 4.54. The molecule has 0 aromatic heterocycles. The maximum atomic E-state index is 2.37. The Hall–Kier alpha value is -0.0800. The molecule has 0 rings (SSSR count). The number of rotatable bonds is 31. The molecule has 0 N–H and O–H groups in total. The van der Waals surface area contributed by atoms with Crippen LogP contribution in [0.25, 0.3) is 0 Å². The molecule has 0 aromatic carbocycles. The topological polar surface area (TPSA) is 0 Å². The molecule has 0 saturated carbocycles. The summed E-state index contributed by atoms with van der Waals surface area (Å²) < 4.78 is 2.87. The van der Waals surface area contributed by atoms with Crippen molar-refractivity contribution >= 4 is 0 Å². The summed E-state index contributed by atoms with van der Waals surface area (Å²) in [6, 6.07) is 0. The summed E-state index contributed by atoms with van der Waals surface area (Å²) in [4.78, 5) is 0. The van der Waals surface area contributed by atoms with Crippen LogP contribution in [0.1, 0.15) is 197 Å². The molecule has 2 heteroatoms. The summed E-state index contributed by atoms with van der Waals surface area (Å²) in [6.07, 6.45) is 31.4. The predicted octanol–water partition coefficient (Wildman–Crippen LogP) is 12.3. The summed E-state index contributed by atoms with van der Waals surface area (Å²) in [5, 5.41) is 0. The Morgan fingerprint density at radius 2 is 0.375 bits per heavy atom. The molecule has 0 radical (unpaired) electrons. The van der Waals surface area contributed by atoms with Gasteiger partial charge in [0.25, 0.3) is 0 Å². The van der Waals surface area contributed by atoms with E-state index < -0.39 is 0 Å². The van der Waals surface area contributed by atoms with E-state index >= 15 is 0 Å². The Bertz CT molecular complexity index is 375. The van der Waals surface area contributed by atoms with Gasteiger partial charge in [-0.25, -0.2) is 0 Å². The Morgan fingerprint density at radius 3 is 0.550 bits per heavy atom. The highest BCUT2D eigenvalue weighted by Gasteiger charge is 2.26. The fraction of sp³-hybridized carbons (Fsp3) is 1.00. The van der Waals surface area contributed by atoms with Crippen molar-refractivity contribution in [1.29, 1.82) is 0 Å². The number of quaternary nitrogens is 2. The molecule has 0 atom stereocenters. The van der Waals surface area contributed by atoms with E-state index in [-0.39, 0.29) is 0 Å². The van der Waals surface area contributed by atoms with E-state index in [0.29, 0.717) is 0 Å². The molecule has 0 aliphatic carbocycles. The van der Waals surface area contributed by atoms with Crippen LogP contribution in [0.2, 0.25) is 0 Å². The van der Waals surface area contributed by atoms with Gasteiger partial charge in [-0.3, -0.25) is 0 Å². The van der Waals surface area contributed by atoms with Crippen LogP contribution in [0.4, 0.5) is 0 Å². The molecule has 0 saturated heterocycles. The van der Waals surface area contributed by atoms with Gasteiger partial charge in [0.1, 0.15) is 0 Å². The summed E-state index contributed by atoms with van der Waals surface area (Å²) in [6.45, 7) is 29.8. The van der Waals surface area contributed by atoms with Crippen LogP contribution in [-0.4, -0.2) is 61.3 Å². The van der Waals surface area contributed by atoms with Gasteiger partial charge in [0, 0.05) is 0 Å². The van der Waals surface area contributed by atoms with Gasteiger partial charge >= 0.3 is 0 Å². The van der Waals surface area contributed by atoms with Crippen LogP contribution in [0.5, 0.6) is 0 Å². The quantitative estimate of drug-likeness (QED) is 0.0576. The Morgan fingerprint density at radius 1 is 0.225 bits per heavy atom.